The highest BCUT2D eigenvalue weighted by Crippen LogP contribution is 2.25. The van der Waals surface area contributed by atoms with Crippen LogP contribution in [0.25, 0.3) is 4.96 Å². The molecule has 1 aliphatic heterocycles. The zero-order valence-electron chi connectivity index (χ0n) is 14.8. The minimum atomic E-state index is 0.628. The summed E-state index contributed by atoms with van der Waals surface area (Å²) in [5.74, 6) is 1.54. The van der Waals surface area contributed by atoms with Gasteiger partial charge in [0.25, 0.3) is 0 Å². The van der Waals surface area contributed by atoms with Crippen LogP contribution in [0.15, 0.2) is 24.0 Å². The van der Waals surface area contributed by atoms with Gasteiger partial charge in [-0.1, -0.05) is 0 Å². The van der Waals surface area contributed by atoms with E-state index in [1.165, 1.54) is 18.5 Å². The zero-order valence-corrected chi connectivity index (χ0v) is 15.6. The third kappa shape index (κ3) is 3.39. The van der Waals surface area contributed by atoms with Gasteiger partial charge in [0.1, 0.15) is 5.82 Å². The van der Waals surface area contributed by atoms with Crippen molar-refractivity contribution in [1.82, 2.24) is 24.3 Å². The first-order chi connectivity index (χ1) is 12.2. The molecule has 6 nitrogen and oxygen atoms in total. The summed E-state index contributed by atoms with van der Waals surface area (Å²) >= 11 is 1.70. The number of nitrogens with zero attached hydrogens (tertiary/aromatic N) is 5. The topological polar surface area (TPSA) is 58.4 Å². The first-order valence-corrected chi connectivity index (χ1v) is 9.73. The van der Waals surface area contributed by atoms with Gasteiger partial charge >= 0.3 is 0 Å². The van der Waals surface area contributed by atoms with Gasteiger partial charge < -0.3 is 5.32 Å². The Morgan fingerprint density at radius 3 is 3.08 bits per heavy atom. The molecule has 0 aromatic carbocycles. The Hall–Kier alpha value is -1.99. The summed E-state index contributed by atoms with van der Waals surface area (Å²) in [6, 6.07) is 0. The number of thiazole rings is 1. The van der Waals surface area contributed by atoms with Crippen LogP contribution in [0.1, 0.15) is 29.9 Å². The van der Waals surface area contributed by atoms with Crippen LogP contribution in [-0.2, 0) is 13.0 Å². The number of likely N-dealkylation sites (tertiary alicyclic amines) is 1. The normalized spacial score (nSPS) is 18.7. The lowest BCUT2D eigenvalue weighted by Gasteiger charge is -2.32. The van der Waals surface area contributed by atoms with Crippen LogP contribution < -0.4 is 5.32 Å². The second kappa shape index (κ2) is 7.09. The van der Waals surface area contributed by atoms with Crippen molar-refractivity contribution < 1.29 is 0 Å². The van der Waals surface area contributed by atoms with Crippen molar-refractivity contribution in [3.8, 4) is 0 Å². The van der Waals surface area contributed by atoms with E-state index in [1.54, 1.807) is 23.7 Å². The van der Waals surface area contributed by atoms with Gasteiger partial charge in [0.2, 0.25) is 0 Å². The molecule has 1 unspecified atom stereocenters. The molecule has 1 saturated heterocycles. The van der Waals surface area contributed by atoms with E-state index < -0.39 is 0 Å². The van der Waals surface area contributed by atoms with Crippen LogP contribution >= 0.6 is 11.3 Å². The van der Waals surface area contributed by atoms with Crippen molar-refractivity contribution in [2.24, 2.45) is 5.92 Å². The molecule has 0 amide bonds. The fourth-order valence-electron chi connectivity index (χ4n) is 3.80. The monoisotopic (exact) mass is 356 g/mol. The number of imidazole rings is 1. The number of hydrogen-bond donors (Lipinski definition) is 1. The maximum absolute atomic E-state index is 4.68. The van der Waals surface area contributed by atoms with Crippen molar-refractivity contribution >= 4 is 22.1 Å². The number of aromatic nitrogens is 4. The molecule has 3 aromatic rings. The van der Waals surface area contributed by atoms with Crippen LogP contribution in [0, 0.1) is 12.8 Å². The van der Waals surface area contributed by atoms with E-state index in [2.05, 4.69) is 48.1 Å². The Bertz CT molecular complexity index is 854. The van der Waals surface area contributed by atoms with Gasteiger partial charge in [-0.15, -0.1) is 11.3 Å². The molecule has 1 fully saturated rings. The second-order valence-corrected chi connectivity index (χ2v) is 7.62. The number of hydrogen-bond acceptors (Lipinski definition) is 6. The van der Waals surface area contributed by atoms with Crippen molar-refractivity contribution in [2.45, 2.75) is 32.7 Å². The predicted octanol–water partition coefficient (Wildman–Crippen LogP) is 2.99. The Kier molecular flexibility index (Phi) is 4.67. The summed E-state index contributed by atoms with van der Waals surface area (Å²) < 4.78 is 2.24. The summed E-state index contributed by atoms with van der Waals surface area (Å²) in [5, 5.41) is 5.27. The van der Waals surface area contributed by atoms with E-state index in [4.69, 9.17) is 0 Å². The summed E-state index contributed by atoms with van der Waals surface area (Å²) in [4.78, 5) is 17.3. The highest BCUT2D eigenvalue weighted by atomic mass is 32.1. The van der Waals surface area contributed by atoms with Gasteiger partial charge in [0, 0.05) is 44.1 Å². The van der Waals surface area contributed by atoms with Crippen molar-refractivity contribution in [1.29, 1.82) is 0 Å². The van der Waals surface area contributed by atoms with Crippen LogP contribution in [0.2, 0.25) is 0 Å². The quantitative estimate of drug-likeness (QED) is 0.762. The molecule has 4 rings (SSSR count). The number of aryl methyl sites for hydroxylation is 1. The summed E-state index contributed by atoms with van der Waals surface area (Å²) in [5.41, 5.74) is 3.56. The fraction of sp³-hybridized carbons (Fsp3) is 0.500. The number of fused-ring (bicyclic) bond motifs is 1. The molecule has 0 radical (unpaired) electrons. The standard InChI is InChI=1S/C18H24N6S/c1-13-16(24-8-9-25-18(24)22-13)12-23-7-3-4-14(11-23)10-15-17(19-2)21-6-5-20-15/h5-6,8-9,14H,3-4,7,10-12H2,1-2H3,(H,19,21). The number of nitrogens with one attached hydrogen (secondary N) is 1. The van der Waals surface area contributed by atoms with Crippen LogP contribution in [0.3, 0.4) is 0 Å². The van der Waals surface area contributed by atoms with Gasteiger partial charge in [0.15, 0.2) is 4.96 Å². The molecular weight excluding hydrogens is 332 g/mol. The van der Waals surface area contributed by atoms with Gasteiger partial charge in [-0.2, -0.15) is 0 Å². The third-order valence-electron chi connectivity index (χ3n) is 5.03. The van der Waals surface area contributed by atoms with E-state index in [1.807, 2.05) is 7.05 Å². The van der Waals surface area contributed by atoms with E-state index in [-0.39, 0.29) is 0 Å². The summed E-state index contributed by atoms with van der Waals surface area (Å²) in [6.45, 7) is 5.36. The SMILES string of the molecule is CNc1nccnc1CC1CCCN(Cc2c(C)nc3sccn23)C1. The first kappa shape index (κ1) is 16.5. The smallest absolute Gasteiger partial charge is 0.194 e. The Balaban J connectivity index is 1.46. The molecule has 7 heteroatoms. The number of piperidine rings is 1. The predicted molar refractivity (Wildman–Crippen MR) is 101 cm³/mol. The molecule has 4 heterocycles. The van der Waals surface area contributed by atoms with Crippen molar-refractivity contribution in [3.63, 3.8) is 0 Å². The lowest BCUT2D eigenvalue weighted by Crippen LogP contribution is -2.36. The average molecular weight is 356 g/mol. The molecule has 0 spiro atoms. The molecule has 0 aliphatic carbocycles. The summed E-state index contributed by atoms with van der Waals surface area (Å²) in [7, 11) is 1.91. The first-order valence-electron chi connectivity index (χ1n) is 8.85. The highest BCUT2D eigenvalue weighted by molar-refractivity contribution is 7.15. The number of anilines is 1. The lowest BCUT2D eigenvalue weighted by molar-refractivity contribution is 0.164. The second-order valence-electron chi connectivity index (χ2n) is 6.75. The highest BCUT2D eigenvalue weighted by Gasteiger charge is 2.23. The number of rotatable bonds is 5. The lowest BCUT2D eigenvalue weighted by atomic mass is 9.93. The molecule has 3 aromatic heterocycles. The van der Waals surface area contributed by atoms with Gasteiger partial charge in [-0.25, -0.2) is 9.97 Å². The van der Waals surface area contributed by atoms with E-state index in [0.717, 1.165) is 48.2 Å². The average Bonchev–Trinajstić information content (AvgIpc) is 3.18. The van der Waals surface area contributed by atoms with Gasteiger partial charge in [-0.05, 0) is 38.6 Å². The van der Waals surface area contributed by atoms with E-state index in [0.29, 0.717) is 5.92 Å². The van der Waals surface area contributed by atoms with Crippen LogP contribution in [0.5, 0.6) is 0 Å². The zero-order chi connectivity index (χ0) is 17.2. The molecule has 132 valence electrons. The summed E-state index contributed by atoms with van der Waals surface area (Å²) in [6.07, 6.45) is 9.16. The maximum atomic E-state index is 4.68. The fourth-order valence-corrected chi connectivity index (χ4v) is 4.58. The largest absolute Gasteiger partial charge is 0.372 e. The third-order valence-corrected chi connectivity index (χ3v) is 5.79. The minimum Gasteiger partial charge on any atom is -0.372 e. The van der Waals surface area contributed by atoms with Crippen molar-refractivity contribution in [2.75, 3.05) is 25.5 Å². The Morgan fingerprint density at radius 2 is 2.20 bits per heavy atom. The van der Waals surface area contributed by atoms with Crippen molar-refractivity contribution in [3.05, 3.63) is 41.1 Å². The molecular formula is C18H24N6S. The van der Waals surface area contributed by atoms with E-state index in [9.17, 15) is 0 Å². The maximum Gasteiger partial charge on any atom is 0.194 e. The van der Waals surface area contributed by atoms with Crippen LogP contribution in [0.4, 0.5) is 5.82 Å². The molecule has 1 N–H and O–H groups in total. The molecule has 0 saturated carbocycles. The molecule has 25 heavy (non-hydrogen) atoms. The Labute approximate surface area is 151 Å². The van der Waals surface area contributed by atoms with Gasteiger partial charge in [0.05, 0.1) is 17.1 Å². The van der Waals surface area contributed by atoms with E-state index >= 15 is 0 Å². The molecule has 1 aliphatic rings. The molecule has 0 bridgehead atoms. The minimum absolute atomic E-state index is 0.628. The molecule has 1 atom stereocenters. The van der Waals surface area contributed by atoms with Gasteiger partial charge in [-0.3, -0.25) is 14.3 Å². The Morgan fingerprint density at radius 1 is 1.32 bits per heavy atom. The van der Waals surface area contributed by atoms with Crippen LogP contribution in [-0.4, -0.2) is 44.4 Å².